The van der Waals surface area contributed by atoms with Crippen LogP contribution in [0.15, 0.2) is 67.1 Å². The third kappa shape index (κ3) is 4.65. The number of halogens is 2. The first-order chi connectivity index (χ1) is 22.2. The first-order valence-corrected chi connectivity index (χ1v) is 16.0. The van der Waals surface area contributed by atoms with Crippen LogP contribution in [0, 0.1) is 11.7 Å². The minimum Gasteiger partial charge on any atom is -0.478 e. The van der Waals surface area contributed by atoms with Crippen molar-refractivity contribution in [2.75, 3.05) is 13.1 Å². The number of carboxylic acids is 1. The number of likely N-dealkylation sites (tertiary alicyclic amines) is 1. The number of fused-ring (bicyclic) bond motifs is 3. The van der Waals surface area contributed by atoms with E-state index >= 15 is 0 Å². The quantitative estimate of drug-likeness (QED) is 0.204. The molecule has 8 rings (SSSR count). The van der Waals surface area contributed by atoms with Crippen molar-refractivity contribution in [2.45, 2.75) is 57.5 Å². The third-order valence-electron chi connectivity index (χ3n) is 10.0. The van der Waals surface area contributed by atoms with E-state index in [1.165, 1.54) is 6.07 Å². The summed E-state index contributed by atoms with van der Waals surface area (Å²) < 4.78 is 31.9. The van der Waals surface area contributed by atoms with E-state index in [0.29, 0.717) is 41.1 Å². The second-order valence-corrected chi connectivity index (χ2v) is 13.2. The summed E-state index contributed by atoms with van der Waals surface area (Å²) >= 11 is 6.01. The predicted octanol–water partition coefficient (Wildman–Crippen LogP) is 6.60. The van der Waals surface area contributed by atoms with Crippen LogP contribution in [0.5, 0.6) is 11.5 Å². The summed E-state index contributed by atoms with van der Waals surface area (Å²) in [5.74, 6) is -0.0834. The molecule has 3 aromatic carbocycles. The Balaban J connectivity index is 1.05. The summed E-state index contributed by atoms with van der Waals surface area (Å²) in [6, 6.07) is 15.7. The fourth-order valence-corrected chi connectivity index (χ4v) is 7.67. The lowest BCUT2D eigenvalue weighted by molar-refractivity contribution is -0.0712. The van der Waals surface area contributed by atoms with Crippen molar-refractivity contribution in [3.63, 3.8) is 0 Å². The van der Waals surface area contributed by atoms with E-state index in [4.69, 9.17) is 26.1 Å². The summed E-state index contributed by atoms with van der Waals surface area (Å²) in [7, 11) is 0. The van der Waals surface area contributed by atoms with E-state index in [1.54, 1.807) is 37.3 Å². The van der Waals surface area contributed by atoms with Crippen molar-refractivity contribution < 1.29 is 23.8 Å². The molecule has 0 bridgehead atoms. The van der Waals surface area contributed by atoms with Crippen molar-refractivity contribution in [3.8, 4) is 11.5 Å². The van der Waals surface area contributed by atoms with Gasteiger partial charge >= 0.3 is 5.97 Å². The van der Waals surface area contributed by atoms with Gasteiger partial charge in [0.05, 0.1) is 47.3 Å². The van der Waals surface area contributed by atoms with Crippen molar-refractivity contribution in [1.82, 2.24) is 24.0 Å². The Bertz CT molecular complexity index is 2030. The highest BCUT2D eigenvalue weighted by atomic mass is 35.5. The van der Waals surface area contributed by atoms with Crippen molar-refractivity contribution in [2.24, 2.45) is 5.92 Å². The number of carboxylic acid groups (broad SMARTS) is 1. The van der Waals surface area contributed by atoms with Gasteiger partial charge in [-0.25, -0.2) is 19.2 Å². The Hall–Kier alpha value is -4.41. The maximum Gasteiger partial charge on any atom is 0.335 e. The molecule has 2 aromatic heterocycles. The molecule has 236 valence electrons. The highest BCUT2D eigenvalue weighted by Crippen LogP contribution is 2.63. The first kappa shape index (κ1) is 29.0. The summed E-state index contributed by atoms with van der Waals surface area (Å²) in [6.45, 7) is 7.55. The summed E-state index contributed by atoms with van der Waals surface area (Å²) in [6.07, 6.45) is 5.65. The number of nitrogens with zero attached hydrogens (tertiary/aromatic N) is 5. The largest absolute Gasteiger partial charge is 0.478 e. The van der Waals surface area contributed by atoms with Gasteiger partial charge in [-0.2, -0.15) is 0 Å². The van der Waals surface area contributed by atoms with Crippen LogP contribution in [-0.4, -0.2) is 48.2 Å². The molecular formula is C35H33ClFN5O4. The van der Waals surface area contributed by atoms with Gasteiger partial charge in [-0.3, -0.25) is 4.90 Å². The number of benzene rings is 3. The Morgan fingerprint density at radius 2 is 2.00 bits per heavy atom. The van der Waals surface area contributed by atoms with Gasteiger partial charge in [0, 0.05) is 42.2 Å². The zero-order valence-corrected chi connectivity index (χ0v) is 26.3. The van der Waals surface area contributed by atoms with Gasteiger partial charge in [0.15, 0.2) is 11.5 Å². The lowest BCUT2D eigenvalue weighted by Gasteiger charge is -2.32. The number of aromatic carboxylic acids is 1. The Kier molecular flexibility index (Phi) is 6.67. The number of rotatable bonds is 8. The van der Waals surface area contributed by atoms with E-state index in [2.05, 4.69) is 32.0 Å². The number of aromatic nitrogens is 4. The van der Waals surface area contributed by atoms with E-state index in [1.807, 2.05) is 24.7 Å². The topological polar surface area (TPSA) is 94.6 Å². The lowest BCUT2D eigenvalue weighted by Crippen LogP contribution is -2.37. The predicted molar refractivity (Wildman–Crippen MR) is 170 cm³/mol. The van der Waals surface area contributed by atoms with Crippen LogP contribution in [0.3, 0.4) is 0 Å². The normalized spacial score (nSPS) is 23.5. The van der Waals surface area contributed by atoms with Crippen LogP contribution in [0.4, 0.5) is 4.39 Å². The van der Waals surface area contributed by atoms with Gasteiger partial charge in [-0.05, 0) is 74.7 Å². The monoisotopic (exact) mass is 641 g/mol. The molecule has 9 nitrogen and oxygen atoms in total. The fourth-order valence-electron chi connectivity index (χ4n) is 7.51. The molecular weight excluding hydrogens is 609 g/mol. The molecule has 0 amide bonds. The van der Waals surface area contributed by atoms with Crippen molar-refractivity contribution in [3.05, 3.63) is 106 Å². The molecule has 3 aliphatic rings. The zero-order chi connectivity index (χ0) is 31.8. The second-order valence-electron chi connectivity index (χ2n) is 12.7. The average molecular weight is 642 g/mol. The van der Waals surface area contributed by atoms with Gasteiger partial charge in [0.2, 0.25) is 0 Å². The summed E-state index contributed by atoms with van der Waals surface area (Å²) in [4.78, 5) is 23.6. The van der Waals surface area contributed by atoms with E-state index in [9.17, 15) is 14.3 Å². The van der Waals surface area contributed by atoms with Crippen molar-refractivity contribution in [1.29, 1.82) is 0 Å². The maximum absolute atomic E-state index is 14.9. The van der Waals surface area contributed by atoms with Gasteiger partial charge in [0.25, 0.3) is 5.79 Å². The molecule has 11 heteroatoms. The van der Waals surface area contributed by atoms with Gasteiger partial charge in [-0.15, -0.1) is 0 Å². The average Bonchev–Trinajstić information content (AvgIpc) is 3.25. The third-order valence-corrected chi connectivity index (χ3v) is 10.3. The standard InChI is InChI=1S/C35H33ClFN5O4/c1-3-41-20-38-16-24(41)18-42-29-13-21(33(43)44)7-10-28(29)39-31(42)19-40-12-11-35(15-22(35)17-40)26-5-4-6-30-32(26)46-34(2,45-30)25-9-8-23(36)14-27(25)37/h4-10,13-14,16,20,22H,3,11-12,15,17-19H2,1-2H3,(H,43,44). The molecule has 3 unspecified atom stereocenters. The van der Waals surface area contributed by atoms with Crippen LogP contribution in [0.25, 0.3) is 11.0 Å². The summed E-state index contributed by atoms with van der Waals surface area (Å²) in [5.41, 5.74) is 4.24. The number of ether oxygens (including phenoxy) is 2. The molecule has 5 aromatic rings. The van der Waals surface area contributed by atoms with Crippen LogP contribution in [-0.2, 0) is 30.8 Å². The Morgan fingerprint density at radius 3 is 2.78 bits per heavy atom. The molecule has 2 fully saturated rings. The molecule has 1 N–H and O–H groups in total. The lowest BCUT2D eigenvalue weighted by atomic mass is 9.86. The molecule has 0 radical (unpaired) electrons. The summed E-state index contributed by atoms with van der Waals surface area (Å²) in [5, 5.41) is 9.99. The fraction of sp³-hybridized carbons (Fsp3) is 0.343. The molecule has 4 heterocycles. The molecule has 3 atom stereocenters. The van der Waals surface area contributed by atoms with Crippen LogP contribution in [0.1, 0.15) is 59.7 Å². The smallest absolute Gasteiger partial charge is 0.335 e. The molecule has 1 aliphatic carbocycles. The number of hydrogen-bond donors (Lipinski definition) is 1. The molecule has 1 saturated carbocycles. The number of carbonyl (C=O) groups is 1. The minimum absolute atomic E-state index is 0.0286. The van der Waals surface area contributed by atoms with E-state index in [0.717, 1.165) is 60.6 Å². The highest BCUT2D eigenvalue weighted by molar-refractivity contribution is 6.30. The zero-order valence-electron chi connectivity index (χ0n) is 25.5. The minimum atomic E-state index is -1.29. The highest BCUT2D eigenvalue weighted by Gasteiger charge is 2.60. The van der Waals surface area contributed by atoms with Gasteiger partial charge in [0.1, 0.15) is 11.6 Å². The maximum atomic E-state index is 14.9. The van der Waals surface area contributed by atoms with Crippen LogP contribution >= 0.6 is 11.6 Å². The van der Waals surface area contributed by atoms with Crippen LogP contribution in [0.2, 0.25) is 5.02 Å². The number of piperidine rings is 1. The molecule has 0 spiro atoms. The number of hydrogen-bond acceptors (Lipinski definition) is 6. The Morgan fingerprint density at radius 1 is 1.13 bits per heavy atom. The SMILES string of the molecule is CCn1cncc1Cn1c(CN2CCC3(c4cccc5c4OC(C)(c4ccc(Cl)cc4F)O5)CC3C2)nc2ccc(C(=O)O)cc21. The van der Waals surface area contributed by atoms with E-state index < -0.39 is 17.6 Å². The van der Waals surface area contributed by atoms with Gasteiger partial charge < -0.3 is 23.7 Å². The molecule has 1 saturated heterocycles. The number of aryl methyl sites for hydroxylation is 1. The van der Waals surface area contributed by atoms with E-state index in [-0.39, 0.29) is 11.0 Å². The molecule has 2 aliphatic heterocycles. The molecule has 46 heavy (non-hydrogen) atoms. The number of imidazole rings is 2. The van der Waals surface area contributed by atoms with Crippen LogP contribution < -0.4 is 9.47 Å². The first-order valence-electron chi connectivity index (χ1n) is 15.6. The second kappa shape index (κ2) is 10.6. The Labute approximate surface area is 270 Å². The van der Waals surface area contributed by atoms with Crippen molar-refractivity contribution >= 4 is 28.6 Å². The van der Waals surface area contributed by atoms with Gasteiger partial charge in [-0.1, -0.05) is 23.7 Å². The number of para-hydroxylation sites is 1.